The van der Waals surface area contributed by atoms with Crippen molar-refractivity contribution in [3.05, 3.63) is 66.9 Å². The second-order valence-electron chi connectivity index (χ2n) is 5.48. The molecule has 0 fully saturated rings. The van der Waals surface area contributed by atoms with E-state index in [9.17, 15) is 4.79 Å². The molecule has 6 heteroatoms. The monoisotopic (exact) mass is 324 g/mol. The van der Waals surface area contributed by atoms with E-state index in [1.807, 2.05) is 41.2 Å². The summed E-state index contributed by atoms with van der Waals surface area (Å²) in [5.74, 6) is 1.96. The molecular weight excluding hydrogens is 308 g/mol. The Morgan fingerprint density at radius 2 is 1.96 bits per heavy atom. The minimum absolute atomic E-state index is 0.107. The predicted octanol–water partition coefficient (Wildman–Crippen LogP) is 3.43. The Balaban J connectivity index is 1.49. The van der Waals surface area contributed by atoms with Gasteiger partial charge < -0.3 is 23.8 Å². The van der Waals surface area contributed by atoms with Crippen molar-refractivity contribution >= 4 is 11.6 Å². The molecule has 4 rings (SSSR count). The highest BCUT2D eigenvalue weighted by Gasteiger charge is 2.20. The SMILES string of the molecule is O=C(C[C@H](c1ccco1)n1cccc1)Nc1ccc2c(c1)OCO2. The first-order valence-corrected chi connectivity index (χ1v) is 7.65. The molecule has 24 heavy (non-hydrogen) atoms. The lowest BCUT2D eigenvalue weighted by molar-refractivity contribution is -0.116. The van der Waals surface area contributed by atoms with Gasteiger partial charge in [0.05, 0.1) is 18.7 Å². The van der Waals surface area contributed by atoms with Gasteiger partial charge >= 0.3 is 0 Å². The van der Waals surface area contributed by atoms with E-state index in [-0.39, 0.29) is 25.2 Å². The van der Waals surface area contributed by atoms with Gasteiger partial charge in [0.15, 0.2) is 11.5 Å². The molecule has 0 unspecified atom stereocenters. The lowest BCUT2D eigenvalue weighted by atomic mass is 10.1. The van der Waals surface area contributed by atoms with E-state index < -0.39 is 0 Å². The summed E-state index contributed by atoms with van der Waals surface area (Å²) in [7, 11) is 0. The van der Waals surface area contributed by atoms with Crippen LogP contribution in [-0.4, -0.2) is 17.3 Å². The van der Waals surface area contributed by atoms with Crippen LogP contribution in [0.2, 0.25) is 0 Å². The van der Waals surface area contributed by atoms with Gasteiger partial charge in [0, 0.05) is 24.1 Å². The van der Waals surface area contributed by atoms with Crippen molar-refractivity contribution < 1.29 is 18.7 Å². The largest absolute Gasteiger partial charge is 0.467 e. The molecule has 3 aromatic rings. The number of carbonyl (C=O) groups excluding carboxylic acids is 1. The van der Waals surface area contributed by atoms with E-state index in [4.69, 9.17) is 13.9 Å². The second-order valence-corrected chi connectivity index (χ2v) is 5.48. The van der Waals surface area contributed by atoms with Crippen molar-refractivity contribution in [1.82, 2.24) is 4.57 Å². The number of furan rings is 1. The third-order valence-corrected chi connectivity index (χ3v) is 3.89. The average molecular weight is 324 g/mol. The second kappa shape index (κ2) is 6.16. The summed E-state index contributed by atoms with van der Waals surface area (Å²) >= 11 is 0. The number of rotatable bonds is 5. The number of carbonyl (C=O) groups is 1. The van der Waals surface area contributed by atoms with Crippen LogP contribution in [0.4, 0.5) is 5.69 Å². The number of fused-ring (bicyclic) bond motifs is 1. The quantitative estimate of drug-likeness (QED) is 0.781. The summed E-state index contributed by atoms with van der Waals surface area (Å²) in [6.45, 7) is 0.209. The van der Waals surface area contributed by atoms with Crippen LogP contribution in [0, 0.1) is 0 Å². The van der Waals surface area contributed by atoms with Crippen molar-refractivity contribution in [2.24, 2.45) is 0 Å². The summed E-state index contributed by atoms with van der Waals surface area (Å²) < 4.78 is 18.0. The number of aromatic nitrogens is 1. The number of ether oxygens (including phenoxy) is 2. The maximum Gasteiger partial charge on any atom is 0.231 e. The fraction of sp³-hybridized carbons (Fsp3) is 0.167. The first kappa shape index (κ1) is 14.4. The maximum absolute atomic E-state index is 12.5. The van der Waals surface area contributed by atoms with Crippen LogP contribution in [-0.2, 0) is 4.79 Å². The Bertz CT molecular complexity index is 791. The van der Waals surface area contributed by atoms with Crippen LogP contribution in [0.15, 0.2) is 65.5 Å². The van der Waals surface area contributed by atoms with Crippen LogP contribution < -0.4 is 14.8 Å². The third kappa shape index (κ3) is 2.86. The molecule has 1 N–H and O–H groups in total. The molecule has 0 radical (unpaired) electrons. The zero-order valence-corrected chi connectivity index (χ0v) is 12.8. The lowest BCUT2D eigenvalue weighted by Gasteiger charge is -2.16. The van der Waals surface area contributed by atoms with Gasteiger partial charge in [-0.2, -0.15) is 0 Å². The third-order valence-electron chi connectivity index (χ3n) is 3.89. The zero-order chi connectivity index (χ0) is 16.4. The van der Waals surface area contributed by atoms with Crippen molar-refractivity contribution in [1.29, 1.82) is 0 Å². The minimum Gasteiger partial charge on any atom is -0.467 e. The van der Waals surface area contributed by atoms with Gasteiger partial charge in [-0.3, -0.25) is 4.79 Å². The van der Waals surface area contributed by atoms with E-state index in [1.54, 1.807) is 24.5 Å². The molecule has 1 aromatic carbocycles. The number of nitrogens with zero attached hydrogens (tertiary/aromatic N) is 1. The molecule has 122 valence electrons. The predicted molar refractivity (Wildman–Crippen MR) is 87.1 cm³/mol. The highest BCUT2D eigenvalue weighted by molar-refractivity contribution is 5.91. The van der Waals surface area contributed by atoms with E-state index in [2.05, 4.69) is 5.32 Å². The molecule has 0 bridgehead atoms. The van der Waals surface area contributed by atoms with Gasteiger partial charge in [-0.05, 0) is 36.4 Å². The summed E-state index contributed by atoms with van der Waals surface area (Å²) in [6, 6.07) is 12.7. The Hall–Kier alpha value is -3.15. The van der Waals surface area contributed by atoms with Gasteiger partial charge in [-0.25, -0.2) is 0 Å². The number of nitrogens with one attached hydrogen (secondary N) is 1. The maximum atomic E-state index is 12.5. The Morgan fingerprint density at radius 1 is 1.12 bits per heavy atom. The van der Waals surface area contributed by atoms with Gasteiger partial charge in [-0.15, -0.1) is 0 Å². The number of benzene rings is 1. The number of hydrogen-bond donors (Lipinski definition) is 1. The number of hydrogen-bond acceptors (Lipinski definition) is 4. The Kier molecular flexibility index (Phi) is 3.70. The molecule has 0 saturated heterocycles. The van der Waals surface area contributed by atoms with Gasteiger partial charge in [-0.1, -0.05) is 0 Å². The minimum atomic E-state index is -0.191. The van der Waals surface area contributed by atoms with Gasteiger partial charge in [0.2, 0.25) is 12.7 Å². The summed E-state index contributed by atoms with van der Waals surface area (Å²) in [4.78, 5) is 12.5. The van der Waals surface area contributed by atoms with Gasteiger partial charge in [0.1, 0.15) is 5.76 Å². The molecule has 6 nitrogen and oxygen atoms in total. The van der Waals surface area contributed by atoms with Crippen LogP contribution in [0.5, 0.6) is 11.5 Å². The molecule has 0 saturated carbocycles. The number of amides is 1. The molecule has 1 atom stereocenters. The standard InChI is InChI=1S/C18H16N2O4/c21-18(19-13-5-6-16-17(10-13)24-12-23-16)11-14(15-4-3-9-22-15)20-7-1-2-8-20/h1-10,14H,11-12H2,(H,19,21)/t14-/m1/s1. The summed E-state index contributed by atoms with van der Waals surface area (Å²) in [6.07, 6.45) is 5.71. The highest BCUT2D eigenvalue weighted by atomic mass is 16.7. The van der Waals surface area contributed by atoms with E-state index in [1.165, 1.54) is 0 Å². The Labute approximate surface area is 138 Å². The highest BCUT2D eigenvalue weighted by Crippen LogP contribution is 2.34. The molecule has 0 spiro atoms. The lowest BCUT2D eigenvalue weighted by Crippen LogP contribution is -2.19. The van der Waals surface area contributed by atoms with Crippen LogP contribution >= 0.6 is 0 Å². The fourth-order valence-electron chi connectivity index (χ4n) is 2.75. The van der Waals surface area contributed by atoms with Crippen LogP contribution in [0.25, 0.3) is 0 Å². The molecule has 2 aromatic heterocycles. The molecule has 3 heterocycles. The summed E-state index contributed by atoms with van der Waals surface area (Å²) in [5, 5.41) is 2.90. The molecule has 1 aliphatic rings. The fourth-order valence-corrected chi connectivity index (χ4v) is 2.75. The molecular formula is C18H16N2O4. The first-order chi connectivity index (χ1) is 11.8. The van der Waals surface area contributed by atoms with Crippen molar-refractivity contribution in [3.63, 3.8) is 0 Å². The van der Waals surface area contributed by atoms with E-state index >= 15 is 0 Å². The topological polar surface area (TPSA) is 65.6 Å². The van der Waals surface area contributed by atoms with Crippen LogP contribution in [0.1, 0.15) is 18.2 Å². The van der Waals surface area contributed by atoms with E-state index in [0.717, 1.165) is 5.76 Å². The Morgan fingerprint density at radius 3 is 2.75 bits per heavy atom. The van der Waals surface area contributed by atoms with Gasteiger partial charge in [0.25, 0.3) is 0 Å². The zero-order valence-electron chi connectivity index (χ0n) is 12.8. The number of anilines is 1. The normalized spacial score (nSPS) is 13.7. The van der Waals surface area contributed by atoms with Crippen LogP contribution in [0.3, 0.4) is 0 Å². The van der Waals surface area contributed by atoms with E-state index in [0.29, 0.717) is 17.2 Å². The molecule has 1 amide bonds. The first-order valence-electron chi connectivity index (χ1n) is 7.65. The molecule has 0 aliphatic carbocycles. The molecule has 1 aliphatic heterocycles. The smallest absolute Gasteiger partial charge is 0.231 e. The summed E-state index contributed by atoms with van der Waals surface area (Å²) in [5.41, 5.74) is 0.676. The van der Waals surface area contributed by atoms with Crippen molar-refractivity contribution in [3.8, 4) is 11.5 Å². The van der Waals surface area contributed by atoms with Crippen molar-refractivity contribution in [2.75, 3.05) is 12.1 Å². The average Bonchev–Trinajstić information content (AvgIpc) is 3.33. The van der Waals surface area contributed by atoms with Crippen molar-refractivity contribution in [2.45, 2.75) is 12.5 Å².